The molecular weight excluding hydrogens is 324 g/mol. The molecule has 1 unspecified atom stereocenters. The summed E-state index contributed by atoms with van der Waals surface area (Å²) in [4.78, 5) is 33.3. The van der Waals surface area contributed by atoms with Crippen molar-refractivity contribution in [3.8, 4) is 6.07 Å². The Morgan fingerprint density at radius 1 is 1.25 bits per heavy atom. The number of amides is 1. The molecule has 0 radical (unpaired) electrons. The topological polar surface area (TPSA) is 95.7 Å². The Hall–Kier alpha value is -3.11. The second-order valence-electron chi connectivity index (χ2n) is 5.03. The molecule has 0 bridgehead atoms. The Morgan fingerprint density at radius 3 is 2.79 bits per heavy atom. The molecular formula is C17H12N4O2S. The molecule has 6 nitrogen and oxygen atoms in total. The maximum absolute atomic E-state index is 12.4. The second kappa shape index (κ2) is 6.56. The molecule has 0 spiro atoms. The van der Waals surface area contributed by atoms with E-state index in [1.54, 1.807) is 37.4 Å². The standard InChI is InChI=1S/C17H12N4O2S/c1-10-20-9-15(24-10)16(22)12(8-18)17(23)21-14-6-2-5-13-11(14)4-3-7-19-13/h2-7,9,12H,1H3,(H,21,23). The van der Waals surface area contributed by atoms with Crippen LogP contribution in [0.25, 0.3) is 10.9 Å². The van der Waals surface area contributed by atoms with E-state index in [1.165, 1.54) is 6.20 Å². The van der Waals surface area contributed by atoms with E-state index in [2.05, 4.69) is 15.3 Å². The number of benzene rings is 1. The van der Waals surface area contributed by atoms with Gasteiger partial charge in [0.05, 0.1) is 27.2 Å². The van der Waals surface area contributed by atoms with Gasteiger partial charge in [-0.25, -0.2) is 4.98 Å². The van der Waals surface area contributed by atoms with Crippen molar-refractivity contribution in [2.45, 2.75) is 6.92 Å². The number of fused-ring (bicyclic) bond motifs is 1. The van der Waals surface area contributed by atoms with Crippen LogP contribution in [0.3, 0.4) is 0 Å². The number of hydrogen-bond donors (Lipinski definition) is 1. The van der Waals surface area contributed by atoms with E-state index >= 15 is 0 Å². The molecule has 2 aromatic heterocycles. The average molecular weight is 336 g/mol. The quantitative estimate of drug-likeness (QED) is 0.584. The molecule has 0 fully saturated rings. The first-order chi connectivity index (χ1) is 11.6. The fraction of sp³-hybridized carbons (Fsp3) is 0.118. The highest BCUT2D eigenvalue weighted by Crippen LogP contribution is 2.23. The number of hydrogen-bond acceptors (Lipinski definition) is 6. The van der Waals surface area contributed by atoms with Gasteiger partial charge in [-0.1, -0.05) is 6.07 Å². The van der Waals surface area contributed by atoms with Crippen molar-refractivity contribution >= 4 is 39.6 Å². The third-order valence-electron chi connectivity index (χ3n) is 3.42. The lowest BCUT2D eigenvalue weighted by Crippen LogP contribution is -2.28. The van der Waals surface area contributed by atoms with Crippen LogP contribution < -0.4 is 5.32 Å². The van der Waals surface area contributed by atoms with Gasteiger partial charge in [0.2, 0.25) is 11.7 Å². The minimum Gasteiger partial charge on any atom is -0.324 e. The van der Waals surface area contributed by atoms with Crippen LogP contribution in [0.15, 0.2) is 42.7 Å². The molecule has 24 heavy (non-hydrogen) atoms. The van der Waals surface area contributed by atoms with E-state index in [-0.39, 0.29) is 0 Å². The van der Waals surface area contributed by atoms with Crippen LogP contribution in [0.5, 0.6) is 0 Å². The number of Topliss-reactive ketones (excluding diaryl/α,β-unsaturated/α-hetero) is 1. The molecule has 1 aromatic carbocycles. The third kappa shape index (κ3) is 3.00. The van der Waals surface area contributed by atoms with Crippen LogP contribution in [-0.4, -0.2) is 21.7 Å². The number of nitrogens with one attached hydrogen (secondary N) is 1. The fourth-order valence-electron chi connectivity index (χ4n) is 2.27. The van der Waals surface area contributed by atoms with E-state index in [0.29, 0.717) is 21.1 Å². The van der Waals surface area contributed by atoms with Crippen molar-refractivity contribution in [1.29, 1.82) is 5.26 Å². The molecule has 1 atom stereocenters. The number of nitrogens with zero attached hydrogens (tertiary/aromatic N) is 3. The second-order valence-corrected chi connectivity index (χ2v) is 6.27. The van der Waals surface area contributed by atoms with Crippen LogP contribution >= 0.6 is 11.3 Å². The van der Waals surface area contributed by atoms with Gasteiger partial charge in [-0.05, 0) is 31.2 Å². The van der Waals surface area contributed by atoms with Gasteiger partial charge in [0.25, 0.3) is 0 Å². The average Bonchev–Trinajstić information content (AvgIpc) is 3.02. The Balaban J connectivity index is 1.87. The summed E-state index contributed by atoms with van der Waals surface area (Å²) in [5, 5.41) is 13.4. The summed E-state index contributed by atoms with van der Waals surface area (Å²) in [6, 6.07) is 10.6. The Kier molecular flexibility index (Phi) is 4.31. The van der Waals surface area contributed by atoms with Gasteiger partial charge < -0.3 is 5.32 Å². The van der Waals surface area contributed by atoms with Crippen LogP contribution in [0.4, 0.5) is 5.69 Å². The zero-order valence-corrected chi connectivity index (χ0v) is 13.5. The number of aromatic nitrogens is 2. The van der Waals surface area contributed by atoms with Gasteiger partial charge in [-0.3, -0.25) is 14.6 Å². The largest absolute Gasteiger partial charge is 0.324 e. The number of pyridine rings is 1. The number of carbonyl (C=O) groups is 2. The van der Waals surface area contributed by atoms with Gasteiger partial charge in [-0.2, -0.15) is 5.26 Å². The lowest BCUT2D eigenvalue weighted by Gasteiger charge is -2.10. The predicted molar refractivity (Wildman–Crippen MR) is 90.7 cm³/mol. The smallest absolute Gasteiger partial charge is 0.249 e. The summed E-state index contributed by atoms with van der Waals surface area (Å²) in [6.45, 7) is 1.76. The van der Waals surface area contributed by atoms with Crippen LogP contribution in [0.1, 0.15) is 14.7 Å². The summed E-state index contributed by atoms with van der Waals surface area (Å²) < 4.78 is 0. The van der Waals surface area contributed by atoms with E-state index in [9.17, 15) is 14.9 Å². The van der Waals surface area contributed by atoms with Crippen LogP contribution in [0.2, 0.25) is 0 Å². The highest BCUT2D eigenvalue weighted by molar-refractivity contribution is 7.13. The van der Waals surface area contributed by atoms with Crippen molar-refractivity contribution in [3.63, 3.8) is 0 Å². The summed E-state index contributed by atoms with van der Waals surface area (Å²) in [5.41, 5.74) is 1.23. The summed E-state index contributed by atoms with van der Waals surface area (Å²) in [5.74, 6) is -2.62. The first-order valence-corrected chi connectivity index (χ1v) is 7.92. The highest BCUT2D eigenvalue weighted by atomic mass is 32.1. The molecule has 0 aliphatic rings. The monoisotopic (exact) mass is 336 g/mol. The summed E-state index contributed by atoms with van der Waals surface area (Å²) >= 11 is 1.16. The molecule has 0 saturated heterocycles. The van der Waals surface area contributed by atoms with Crippen molar-refractivity contribution in [2.75, 3.05) is 5.32 Å². The maximum atomic E-state index is 12.4. The molecule has 2 heterocycles. The number of anilines is 1. The summed E-state index contributed by atoms with van der Waals surface area (Å²) in [7, 11) is 0. The molecule has 0 aliphatic carbocycles. The number of aryl methyl sites for hydroxylation is 1. The third-order valence-corrected chi connectivity index (χ3v) is 4.35. The number of thiazole rings is 1. The molecule has 1 N–H and O–H groups in total. The van der Waals surface area contributed by atoms with Gasteiger partial charge in [0.15, 0.2) is 5.92 Å². The van der Waals surface area contributed by atoms with Gasteiger partial charge in [-0.15, -0.1) is 11.3 Å². The zero-order valence-electron chi connectivity index (χ0n) is 12.7. The molecule has 7 heteroatoms. The summed E-state index contributed by atoms with van der Waals surface area (Å²) in [6.07, 6.45) is 3.05. The maximum Gasteiger partial charge on any atom is 0.249 e. The van der Waals surface area contributed by atoms with E-state index in [0.717, 1.165) is 16.7 Å². The molecule has 118 valence electrons. The first-order valence-electron chi connectivity index (χ1n) is 7.11. The van der Waals surface area contributed by atoms with Gasteiger partial charge in [0, 0.05) is 17.8 Å². The number of rotatable bonds is 4. The first kappa shape index (κ1) is 15.8. The number of nitriles is 1. The molecule has 1 amide bonds. The van der Waals surface area contributed by atoms with E-state index < -0.39 is 17.6 Å². The van der Waals surface area contributed by atoms with E-state index in [4.69, 9.17) is 0 Å². The molecule has 0 aliphatic heterocycles. The van der Waals surface area contributed by atoms with Crippen LogP contribution in [-0.2, 0) is 4.79 Å². The fourth-order valence-corrected chi connectivity index (χ4v) is 3.02. The Labute approximate surface area is 141 Å². The van der Waals surface area contributed by atoms with Crippen LogP contribution in [0, 0.1) is 24.2 Å². The number of carbonyl (C=O) groups excluding carboxylic acids is 2. The zero-order chi connectivity index (χ0) is 17.1. The minimum atomic E-state index is -1.42. The SMILES string of the molecule is Cc1ncc(C(=O)C(C#N)C(=O)Nc2cccc3ncccc23)s1. The number of ketones is 1. The highest BCUT2D eigenvalue weighted by Gasteiger charge is 2.29. The van der Waals surface area contributed by atoms with Crippen molar-refractivity contribution < 1.29 is 9.59 Å². The van der Waals surface area contributed by atoms with Crippen molar-refractivity contribution in [2.24, 2.45) is 5.92 Å². The predicted octanol–water partition coefficient (Wildman–Crippen LogP) is 2.96. The van der Waals surface area contributed by atoms with E-state index in [1.807, 2.05) is 12.1 Å². The lowest BCUT2D eigenvalue weighted by atomic mass is 10.0. The Bertz CT molecular complexity index is 969. The van der Waals surface area contributed by atoms with Crippen molar-refractivity contribution in [1.82, 2.24) is 9.97 Å². The minimum absolute atomic E-state index is 0.300. The molecule has 0 saturated carbocycles. The van der Waals surface area contributed by atoms with Gasteiger partial charge in [0.1, 0.15) is 0 Å². The Morgan fingerprint density at radius 2 is 2.08 bits per heavy atom. The lowest BCUT2D eigenvalue weighted by molar-refractivity contribution is -0.117. The molecule has 3 rings (SSSR count). The van der Waals surface area contributed by atoms with Crippen molar-refractivity contribution in [3.05, 3.63) is 52.6 Å². The van der Waals surface area contributed by atoms with Gasteiger partial charge >= 0.3 is 0 Å². The normalized spacial score (nSPS) is 11.7. The molecule has 3 aromatic rings.